The second kappa shape index (κ2) is 5.01. The predicted molar refractivity (Wildman–Crippen MR) is 77.8 cm³/mol. The molecule has 2 amide bonds. The third kappa shape index (κ3) is 2.50. The summed E-state index contributed by atoms with van der Waals surface area (Å²) >= 11 is 0. The van der Waals surface area contributed by atoms with Gasteiger partial charge in [0.2, 0.25) is 5.91 Å². The summed E-state index contributed by atoms with van der Waals surface area (Å²) in [5, 5.41) is 5.47. The van der Waals surface area contributed by atoms with Gasteiger partial charge in [-0.2, -0.15) is 0 Å². The molecule has 0 spiro atoms. The molecule has 0 aliphatic carbocycles. The van der Waals surface area contributed by atoms with Crippen molar-refractivity contribution in [3.05, 3.63) is 59.4 Å². The van der Waals surface area contributed by atoms with Gasteiger partial charge in [-0.25, -0.2) is 4.39 Å². The van der Waals surface area contributed by atoms with E-state index in [1.54, 1.807) is 31.2 Å². The highest BCUT2D eigenvalue weighted by atomic mass is 19.1. The molecule has 5 heteroatoms. The highest BCUT2D eigenvalue weighted by molar-refractivity contribution is 6.06. The molecule has 1 heterocycles. The van der Waals surface area contributed by atoms with E-state index in [0.717, 1.165) is 11.3 Å². The predicted octanol–water partition coefficient (Wildman–Crippen LogP) is 3.13. The Balaban J connectivity index is 1.83. The van der Waals surface area contributed by atoms with E-state index in [1.165, 1.54) is 18.2 Å². The molecular weight excluding hydrogens is 271 g/mol. The van der Waals surface area contributed by atoms with Gasteiger partial charge in [-0.3, -0.25) is 9.59 Å². The normalized spacial score (nSPS) is 16.3. The van der Waals surface area contributed by atoms with Gasteiger partial charge in [0, 0.05) is 16.9 Å². The molecule has 2 N–H and O–H groups in total. The summed E-state index contributed by atoms with van der Waals surface area (Å²) in [6, 6.07) is 10.7. The third-order valence-electron chi connectivity index (χ3n) is 3.51. The van der Waals surface area contributed by atoms with E-state index in [0.29, 0.717) is 5.69 Å². The van der Waals surface area contributed by atoms with Gasteiger partial charge in [-0.15, -0.1) is 0 Å². The maximum Gasteiger partial charge on any atom is 0.255 e. The van der Waals surface area contributed by atoms with Crippen LogP contribution < -0.4 is 10.6 Å². The van der Waals surface area contributed by atoms with Crippen molar-refractivity contribution < 1.29 is 14.0 Å². The lowest BCUT2D eigenvalue weighted by molar-refractivity contribution is -0.116. The van der Waals surface area contributed by atoms with Crippen LogP contribution in [0.4, 0.5) is 15.8 Å². The van der Waals surface area contributed by atoms with E-state index in [9.17, 15) is 14.0 Å². The van der Waals surface area contributed by atoms with Gasteiger partial charge in [0.1, 0.15) is 5.82 Å². The zero-order chi connectivity index (χ0) is 15.0. The van der Waals surface area contributed by atoms with Gasteiger partial charge in [-0.05, 0) is 48.9 Å². The molecule has 4 nitrogen and oxygen atoms in total. The first kappa shape index (κ1) is 13.3. The van der Waals surface area contributed by atoms with Gasteiger partial charge in [0.15, 0.2) is 0 Å². The maximum atomic E-state index is 13.1. The quantitative estimate of drug-likeness (QED) is 0.890. The molecule has 0 aromatic heterocycles. The Labute approximate surface area is 121 Å². The number of hydrogen-bond donors (Lipinski definition) is 2. The summed E-state index contributed by atoms with van der Waals surface area (Å²) in [6.45, 7) is 1.80. The second-order valence-electron chi connectivity index (χ2n) is 4.98. The standard InChI is InChI=1S/C16H13FN2O2/c1-9-13-8-12(5-6-14(13)19-15(9)20)18-16(21)10-3-2-4-11(17)7-10/h2-9H,1H3,(H,18,21)(H,19,20). The van der Waals surface area contributed by atoms with Crippen molar-refractivity contribution in [1.29, 1.82) is 0 Å². The molecule has 0 bridgehead atoms. The first-order valence-corrected chi connectivity index (χ1v) is 6.56. The minimum Gasteiger partial charge on any atom is -0.325 e. The Morgan fingerprint density at radius 2 is 2.05 bits per heavy atom. The van der Waals surface area contributed by atoms with E-state index >= 15 is 0 Å². The van der Waals surface area contributed by atoms with Crippen molar-refractivity contribution in [3.8, 4) is 0 Å². The number of carbonyl (C=O) groups is 2. The van der Waals surface area contributed by atoms with E-state index in [4.69, 9.17) is 0 Å². The van der Waals surface area contributed by atoms with Gasteiger partial charge in [0.05, 0.1) is 5.92 Å². The highest BCUT2D eigenvalue weighted by Gasteiger charge is 2.26. The third-order valence-corrected chi connectivity index (χ3v) is 3.51. The Morgan fingerprint density at radius 1 is 1.24 bits per heavy atom. The minimum atomic E-state index is -0.458. The lowest BCUT2D eigenvalue weighted by Gasteiger charge is -2.08. The monoisotopic (exact) mass is 284 g/mol. The maximum absolute atomic E-state index is 13.1. The van der Waals surface area contributed by atoms with Crippen LogP contribution in [0.1, 0.15) is 28.8 Å². The van der Waals surface area contributed by atoms with Crippen LogP contribution in [-0.4, -0.2) is 11.8 Å². The largest absolute Gasteiger partial charge is 0.325 e. The molecule has 0 saturated heterocycles. The number of amides is 2. The number of fused-ring (bicyclic) bond motifs is 1. The Bertz CT molecular complexity index is 743. The van der Waals surface area contributed by atoms with Crippen LogP contribution in [0.15, 0.2) is 42.5 Å². The van der Waals surface area contributed by atoms with Crippen molar-refractivity contribution in [2.45, 2.75) is 12.8 Å². The first-order chi connectivity index (χ1) is 10.0. The van der Waals surface area contributed by atoms with Crippen LogP contribution in [0.5, 0.6) is 0 Å². The zero-order valence-electron chi connectivity index (χ0n) is 11.3. The summed E-state index contributed by atoms with van der Waals surface area (Å²) in [5.74, 6) is -1.15. The van der Waals surface area contributed by atoms with E-state index in [1.807, 2.05) is 0 Å². The van der Waals surface area contributed by atoms with Crippen LogP contribution in [-0.2, 0) is 4.79 Å². The smallest absolute Gasteiger partial charge is 0.255 e. The van der Waals surface area contributed by atoms with Crippen molar-refractivity contribution in [3.63, 3.8) is 0 Å². The van der Waals surface area contributed by atoms with E-state index in [-0.39, 0.29) is 23.3 Å². The van der Waals surface area contributed by atoms with Crippen LogP contribution >= 0.6 is 0 Å². The molecule has 3 rings (SSSR count). The molecule has 0 radical (unpaired) electrons. The molecule has 0 saturated carbocycles. The van der Waals surface area contributed by atoms with Crippen LogP contribution in [0.2, 0.25) is 0 Å². The summed E-state index contributed by atoms with van der Waals surface area (Å²) in [5.41, 5.74) is 2.43. The van der Waals surface area contributed by atoms with Gasteiger partial charge in [0.25, 0.3) is 5.91 Å². The average Bonchev–Trinajstić information content (AvgIpc) is 2.74. The summed E-state index contributed by atoms with van der Waals surface area (Å²) in [4.78, 5) is 23.6. The van der Waals surface area contributed by atoms with Gasteiger partial charge in [-0.1, -0.05) is 6.07 Å². The molecular formula is C16H13FN2O2. The van der Waals surface area contributed by atoms with Crippen molar-refractivity contribution in [2.75, 3.05) is 10.6 Å². The Kier molecular flexibility index (Phi) is 3.17. The SMILES string of the molecule is CC1C(=O)Nc2ccc(NC(=O)c3cccc(F)c3)cc21. The molecule has 2 aromatic rings. The summed E-state index contributed by atoms with van der Waals surface area (Å²) in [7, 11) is 0. The number of rotatable bonds is 2. The molecule has 106 valence electrons. The second-order valence-corrected chi connectivity index (χ2v) is 4.98. The summed E-state index contributed by atoms with van der Waals surface area (Å²) < 4.78 is 13.1. The average molecular weight is 284 g/mol. The van der Waals surface area contributed by atoms with Crippen molar-refractivity contribution in [2.24, 2.45) is 0 Å². The van der Waals surface area contributed by atoms with Crippen LogP contribution in [0.3, 0.4) is 0 Å². The number of halogens is 1. The van der Waals surface area contributed by atoms with E-state index < -0.39 is 5.82 Å². The number of hydrogen-bond acceptors (Lipinski definition) is 2. The first-order valence-electron chi connectivity index (χ1n) is 6.56. The van der Waals surface area contributed by atoms with Gasteiger partial charge < -0.3 is 10.6 Å². The fourth-order valence-corrected chi connectivity index (χ4v) is 2.33. The lowest BCUT2D eigenvalue weighted by Crippen LogP contribution is -2.12. The highest BCUT2D eigenvalue weighted by Crippen LogP contribution is 2.34. The molecule has 21 heavy (non-hydrogen) atoms. The topological polar surface area (TPSA) is 58.2 Å². The number of anilines is 2. The van der Waals surface area contributed by atoms with Crippen LogP contribution in [0, 0.1) is 5.82 Å². The summed E-state index contributed by atoms with van der Waals surface area (Å²) in [6.07, 6.45) is 0. The lowest BCUT2D eigenvalue weighted by atomic mass is 10.0. The molecule has 1 atom stereocenters. The zero-order valence-corrected chi connectivity index (χ0v) is 11.3. The fourth-order valence-electron chi connectivity index (χ4n) is 2.33. The van der Waals surface area contributed by atoms with Gasteiger partial charge >= 0.3 is 0 Å². The van der Waals surface area contributed by atoms with Crippen molar-refractivity contribution >= 4 is 23.2 Å². The number of carbonyl (C=O) groups excluding carboxylic acids is 2. The molecule has 1 aliphatic heterocycles. The number of nitrogens with one attached hydrogen (secondary N) is 2. The van der Waals surface area contributed by atoms with Crippen molar-refractivity contribution in [1.82, 2.24) is 0 Å². The Hall–Kier alpha value is -2.69. The molecule has 1 unspecified atom stereocenters. The van der Waals surface area contributed by atoms with E-state index in [2.05, 4.69) is 10.6 Å². The molecule has 0 fully saturated rings. The fraction of sp³-hybridized carbons (Fsp3) is 0.125. The number of benzene rings is 2. The molecule has 1 aliphatic rings. The Morgan fingerprint density at radius 3 is 2.81 bits per heavy atom. The van der Waals surface area contributed by atoms with Crippen LogP contribution in [0.25, 0.3) is 0 Å². The minimum absolute atomic E-state index is 0.0568. The molecule has 2 aromatic carbocycles.